The summed E-state index contributed by atoms with van der Waals surface area (Å²) in [6, 6.07) is 3.19. The number of aromatic nitrogens is 3. The van der Waals surface area contributed by atoms with Gasteiger partial charge in [-0.1, -0.05) is 0 Å². The van der Waals surface area contributed by atoms with Gasteiger partial charge in [0, 0.05) is 49.8 Å². The zero-order valence-electron chi connectivity index (χ0n) is 18.6. The molecule has 3 aliphatic heterocycles. The molecule has 3 fully saturated rings. The van der Waals surface area contributed by atoms with Crippen molar-refractivity contribution in [1.82, 2.24) is 20.3 Å². The standard InChI is InChI=1S/C22H24F3N7O3/c23-22(24,25)11-1-4-18(28-10-11)35-14-7-12-2-3-13(8-14)32(12)21-30-16(19(26)33)9-17(31-21)29-15-5-6-27-20(15)34/h1,4,9-10,12-15H,2-3,5-8H2,(H2,26,33)(H,27,34)(H,29,30,31). The topological polar surface area (TPSA) is 135 Å². The number of piperidine rings is 1. The number of fused-ring (bicyclic) bond motifs is 2. The maximum absolute atomic E-state index is 12.8. The van der Waals surface area contributed by atoms with E-state index in [0.717, 1.165) is 25.1 Å². The monoisotopic (exact) mass is 491 g/mol. The summed E-state index contributed by atoms with van der Waals surface area (Å²) in [5, 5.41) is 5.80. The number of hydrogen-bond acceptors (Lipinski definition) is 8. The van der Waals surface area contributed by atoms with Crippen molar-refractivity contribution >= 4 is 23.6 Å². The SMILES string of the molecule is NC(=O)c1cc(NC2CCNC2=O)nc(N2C3CCC2CC(Oc2ccc(C(F)(F)F)cn2)C3)n1. The van der Waals surface area contributed by atoms with Crippen LogP contribution in [0.4, 0.5) is 24.9 Å². The Hall–Kier alpha value is -3.64. The minimum Gasteiger partial charge on any atom is -0.474 e. The molecule has 13 heteroatoms. The van der Waals surface area contributed by atoms with Gasteiger partial charge in [-0.15, -0.1) is 0 Å². The lowest BCUT2D eigenvalue weighted by molar-refractivity contribution is -0.137. The van der Waals surface area contributed by atoms with Gasteiger partial charge in [-0.05, 0) is 25.3 Å². The maximum Gasteiger partial charge on any atom is 0.417 e. The van der Waals surface area contributed by atoms with Gasteiger partial charge in [-0.25, -0.2) is 9.97 Å². The average molecular weight is 491 g/mol. The molecular formula is C22H24F3N7O3. The highest BCUT2D eigenvalue weighted by Gasteiger charge is 2.43. The van der Waals surface area contributed by atoms with Crippen LogP contribution in [0.25, 0.3) is 0 Å². The van der Waals surface area contributed by atoms with Crippen molar-refractivity contribution in [2.24, 2.45) is 5.73 Å². The first kappa shape index (κ1) is 23.1. The van der Waals surface area contributed by atoms with E-state index in [1.165, 1.54) is 12.1 Å². The molecule has 3 unspecified atom stereocenters. The van der Waals surface area contributed by atoms with E-state index in [-0.39, 0.29) is 35.7 Å². The Morgan fingerprint density at radius 1 is 1.17 bits per heavy atom. The van der Waals surface area contributed by atoms with E-state index >= 15 is 0 Å². The van der Waals surface area contributed by atoms with Crippen LogP contribution in [-0.4, -0.2) is 57.5 Å². The third kappa shape index (κ3) is 4.80. The summed E-state index contributed by atoms with van der Waals surface area (Å²) in [5.74, 6) is -0.00486. The Kier molecular flexibility index (Phi) is 5.85. The summed E-state index contributed by atoms with van der Waals surface area (Å²) in [6.45, 7) is 0.558. The zero-order valence-corrected chi connectivity index (χ0v) is 18.6. The molecule has 0 spiro atoms. The number of nitrogens with one attached hydrogen (secondary N) is 2. The van der Waals surface area contributed by atoms with Gasteiger partial charge < -0.3 is 26.0 Å². The van der Waals surface area contributed by atoms with Crippen molar-refractivity contribution in [1.29, 1.82) is 0 Å². The Morgan fingerprint density at radius 2 is 1.91 bits per heavy atom. The van der Waals surface area contributed by atoms with Gasteiger partial charge in [0.05, 0.1) is 5.56 Å². The Bertz CT molecular complexity index is 1110. The summed E-state index contributed by atoms with van der Waals surface area (Å²) < 4.78 is 44.2. The molecule has 5 heterocycles. The highest BCUT2D eigenvalue weighted by atomic mass is 19.4. The van der Waals surface area contributed by atoms with Crippen LogP contribution in [0.2, 0.25) is 0 Å². The number of alkyl halides is 3. The van der Waals surface area contributed by atoms with Gasteiger partial charge in [0.15, 0.2) is 0 Å². The molecule has 3 atom stereocenters. The number of nitrogens with zero attached hydrogens (tertiary/aromatic N) is 4. The van der Waals surface area contributed by atoms with Gasteiger partial charge in [-0.2, -0.15) is 18.2 Å². The van der Waals surface area contributed by atoms with Crippen LogP contribution in [0, 0.1) is 0 Å². The lowest BCUT2D eigenvalue weighted by Gasteiger charge is -2.38. The van der Waals surface area contributed by atoms with Crippen molar-refractivity contribution in [2.45, 2.75) is 62.5 Å². The number of carbonyl (C=O) groups excluding carboxylic acids is 2. The number of carbonyl (C=O) groups is 2. The van der Waals surface area contributed by atoms with Crippen molar-refractivity contribution < 1.29 is 27.5 Å². The van der Waals surface area contributed by atoms with Crippen LogP contribution in [0.15, 0.2) is 24.4 Å². The highest BCUT2D eigenvalue weighted by Crippen LogP contribution is 2.39. The van der Waals surface area contributed by atoms with Crippen LogP contribution in [-0.2, 0) is 11.0 Å². The Balaban J connectivity index is 1.32. The quantitative estimate of drug-likeness (QED) is 0.557. The first-order valence-corrected chi connectivity index (χ1v) is 11.4. The first-order valence-electron chi connectivity index (χ1n) is 11.4. The van der Waals surface area contributed by atoms with Crippen molar-refractivity contribution in [3.8, 4) is 5.88 Å². The van der Waals surface area contributed by atoms with Gasteiger partial charge in [0.2, 0.25) is 17.7 Å². The lowest BCUT2D eigenvalue weighted by Crippen LogP contribution is -2.47. The van der Waals surface area contributed by atoms with E-state index in [9.17, 15) is 22.8 Å². The Labute approximate surface area is 198 Å². The summed E-state index contributed by atoms with van der Waals surface area (Å²) in [7, 11) is 0. The molecular weight excluding hydrogens is 467 g/mol. The van der Waals surface area contributed by atoms with E-state index in [4.69, 9.17) is 10.5 Å². The number of amides is 2. The van der Waals surface area contributed by atoms with Crippen LogP contribution in [0.5, 0.6) is 5.88 Å². The molecule has 0 radical (unpaired) electrons. The lowest BCUT2D eigenvalue weighted by atomic mass is 10.00. The number of primary amides is 1. The fourth-order valence-corrected chi connectivity index (χ4v) is 5.00. The predicted octanol–water partition coefficient (Wildman–Crippen LogP) is 1.87. The van der Waals surface area contributed by atoms with Crippen molar-refractivity contribution in [2.75, 3.05) is 16.8 Å². The summed E-state index contributed by atoms with van der Waals surface area (Å²) in [5.41, 5.74) is 4.71. The molecule has 4 N–H and O–H groups in total. The molecule has 2 aromatic rings. The number of ether oxygens (including phenoxy) is 1. The van der Waals surface area contributed by atoms with Crippen LogP contribution < -0.4 is 26.0 Å². The van der Waals surface area contributed by atoms with E-state index in [2.05, 4.69) is 25.6 Å². The number of rotatable bonds is 6. The van der Waals surface area contributed by atoms with Gasteiger partial charge in [0.25, 0.3) is 5.91 Å². The van der Waals surface area contributed by atoms with E-state index in [1.54, 1.807) is 0 Å². The molecule has 2 aromatic heterocycles. The van der Waals surface area contributed by atoms with Gasteiger partial charge in [0.1, 0.15) is 23.7 Å². The molecule has 186 valence electrons. The number of halogens is 3. The van der Waals surface area contributed by atoms with Gasteiger partial charge >= 0.3 is 6.18 Å². The summed E-state index contributed by atoms with van der Waals surface area (Å²) in [6.07, 6.45) is -0.436. The second-order valence-corrected chi connectivity index (χ2v) is 8.97. The van der Waals surface area contributed by atoms with Crippen LogP contribution in [0.3, 0.4) is 0 Å². The second-order valence-electron chi connectivity index (χ2n) is 8.97. The molecule has 2 amide bonds. The number of anilines is 2. The minimum atomic E-state index is -4.45. The van der Waals surface area contributed by atoms with E-state index in [0.29, 0.717) is 37.6 Å². The predicted molar refractivity (Wildman–Crippen MR) is 118 cm³/mol. The van der Waals surface area contributed by atoms with E-state index in [1.807, 2.05) is 4.90 Å². The van der Waals surface area contributed by atoms with Gasteiger partial charge in [-0.3, -0.25) is 9.59 Å². The molecule has 5 rings (SSSR count). The minimum absolute atomic E-state index is 0.0129. The number of hydrogen-bond donors (Lipinski definition) is 3. The summed E-state index contributed by atoms with van der Waals surface area (Å²) >= 11 is 0. The molecule has 3 saturated heterocycles. The normalized spacial score (nSPS) is 25.9. The third-order valence-electron chi connectivity index (χ3n) is 6.61. The van der Waals surface area contributed by atoms with E-state index < -0.39 is 23.7 Å². The van der Waals surface area contributed by atoms with Crippen molar-refractivity contribution in [3.63, 3.8) is 0 Å². The number of pyridine rings is 1. The second kappa shape index (κ2) is 8.86. The fraction of sp³-hybridized carbons (Fsp3) is 0.500. The fourth-order valence-electron chi connectivity index (χ4n) is 5.00. The zero-order chi connectivity index (χ0) is 24.7. The van der Waals surface area contributed by atoms with Crippen LogP contribution >= 0.6 is 0 Å². The molecule has 0 aromatic carbocycles. The smallest absolute Gasteiger partial charge is 0.417 e. The molecule has 3 aliphatic rings. The maximum atomic E-state index is 12.8. The largest absolute Gasteiger partial charge is 0.474 e. The van der Waals surface area contributed by atoms with Crippen LogP contribution in [0.1, 0.15) is 48.2 Å². The third-order valence-corrected chi connectivity index (χ3v) is 6.61. The average Bonchev–Trinajstić information content (AvgIpc) is 3.33. The molecule has 2 bridgehead atoms. The molecule has 0 saturated carbocycles. The molecule has 35 heavy (non-hydrogen) atoms. The Morgan fingerprint density at radius 3 is 2.49 bits per heavy atom. The molecule has 0 aliphatic carbocycles. The molecule has 10 nitrogen and oxygen atoms in total. The van der Waals surface area contributed by atoms with Crippen molar-refractivity contribution in [3.05, 3.63) is 35.7 Å². The summed E-state index contributed by atoms with van der Waals surface area (Å²) in [4.78, 5) is 38.7. The number of nitrogens with two attached hydrogens (primary N) is 1. The highest BCUT2D eigenvalue weighted by molar-refractivity contribution is 5.92. The first-order chi connectivity index (χ1) is 16.7.